The molecule has 0 unspecified atom stereocenters. The van der Waals surface area contributed by atoms with Crippen LogP contribution in [0.25, 0.3) is 0 Å². The Bertz CT molecular complexity index is 58.3. The van der Waals surface area contributed by atoms with E-state index in [1.54, 1.807) is 0 Å². The van der Waals surface area contributed by atoms with Gasteiger partial charge in [0.05, 0.1) is 0 Å². The molecule has 0 amide bonds. The number of hydrogen-bond acceptors (Lipinski definition) is 1. The minimum atomic E-state index is 1.09. The van der Waals surface area contributed by atoms with Gasteiger partial charge in [0.2, 0.25) is 0 Å². The van der Waals surface area contributed by atoms with Crippen molar-refractivity contribution in [1.29, 1.82) is 0 Å². The molecule has 1 saturated carbocycles. The van der Waals surface area contributed by atoms with E-state index in [1.807, 2.05) is 0 Å². The second-order valence-corrected chi connectivity index (χ2v) is 2.15. The van der Waals surface area contributed by atoms with Gasteiger partial charge in [-0.2, -0.15) is 0 Å². The topological polar surface area (TPSA) is 0 Å². The second kappa shape index (κ2) is 1.69. The minimum Gasteiger partial charge on any atom is -0.0897 e. The van der Waals surface area contributed by atoms with Crippen LogP contribution in [0.1, 0.15) is 19.3 Å². The zero-order chi connectivity index (χ0) is 4.41. The summed E-state index contributed by atoms with van der Waals surface area (Å²) in [5, 5.41) is 0. The van der Waals surface area contributed by atoms with Crippen LogP contribution in [0.4, 0.5) is 0 Å². The van der Waals surface area contributed by atoms with Crippen molar-refractivity contribution in [1.82, 2.24) is 0 Å². The number of rotatable bonds is 0. The molecule has 0 aromatic heterocycles. The van der Waals surface area contributed by atoms with Crippen molar-refractivity contribution in [3.63, 3.8) is 0 Å². The lowest BCUT2D eigenvalue weighted by atomic mass is 10.4. The molecule has 0 heterocycles. The monoisotopic (exact) mass is 99.0 g/mol. The molecule has 1 fully saturated rings. The predicted octanol–water partition coefficient (Wildman–Crippen LogP) is 1.74. The minimum absolute atomic E-state index is 1.09. The summed E-state index contributed by atoms with van der Waals surface area (Å²) in [5.74, 6) is 0. The van der Waals surface area contributed by atoms with Crippen molar-refractivity contribution in [2.45, 2.75) is 19.3 Å². The molecule has 1 aliphatic carbocycles. The molecule has 6 heavy (non-hydrogen) atoms. The number of hydrogen-bond donors (Lipinski definition) is 0. The molecule has 1 heteroatoms. The first-order valence-corrected chi connectivity index (χ1v) is 2.64. The van der Waals surface area contributed by atoms with E-state index in [9.17, 15) is 0 Å². The molecular formula is C5H7S. The van der Waals surface area contributed by atoms with Gasteiger partial charge in [0.25, 0.3) is 0 Å². The van der Waals surface area contributed by atoms with Crippen LogP contribution in [0.15, 0.2) is 0 Å². The van der Waals surface area contributed by atoms with E-state index >= 15 is 0 Å². The first kappa shape index (κ1) is 4.25. The smallest absolute Gasteiger partial charge is 0.00685 e. The van der Waals surface area contributed by atoms with E-state index in [-0.39, 0.29) is 0 Å². The maximum atomic E-state index is 4.89. The molecule has 1 rings (SSSR count). The Balaban J connectivity index is 2.37. The molecule has 0 N–H and O–H groups in total. The summed E-state index contributed by atoms with van der Waals surface area (Å²) >= 11 is 4.89. The molecule has 0 nitrogen and oxygen atoms in total. The maximum absolute atomic E-state index is 4.89. The summed E-state index contributed by atoms with van der Waals surface area (Å²) in [4.78, 5) is 1.23. The predicted molar refractivity (Wildman–Crippen MR) is 30.7 cm³/mol. The second-order valence-electron chi connectivity index (χ2n) is 1.57. The van der Waals surface area contributed by atoms with Crippen molar-refractivity contribution < 1.29 is 0 Å². The van der Waals surface area contributed by atoms with Gasteiger partial charge in [-0.25, -0.2) is 0 Å². The van der Waals surface area contributed by atoms with Crippen LogP contribution >= 0.6 is 12.2 Å². The average molecular weight is 99.2 g/mol. The van der Waals surface area contributed by atoms with Gasteiger partial charge in [-0.3, -0.25) is 0 Å². The molecule has 0 atom stereocenters. The zero-order valence-electron chi connectivity index (χ0n) is 3.61. The lowest BCUT2D eigenvalue weighted by Crippen LogP contribution is -1.76. The van der Waals surface area contributed by atoms with E-state index in [1.165, 1.54) is 11.3 Å². The van der Waals surface area contributed by atoms with Gasteiger partial charge in [0.15, 0.2) is 0 Å². The van der Waals surface area contributed by atoms with Crippen LogP contribution in [0.5, 0.6) is 0 Å². The summed E-state index contributed by atoms with van der Waals surface area (Å²) < 4.78 is 0. The van der Waals surface area contributed by atoms with Crippen molar-refractivity contribution in [3.05, 3.63) is 6.42 Å². The molecule has 0 aromatic rings. The highest BCUT2D eigenvalue weighted by Crippen LogP contribution is 2.12. The van der Waals surface area contributed by atoms with Crippen LogP contribution in [-0.4, -0.2) is 4.86 Å². The molecular weight excluding hydrogens is 92.1 g/mol. The zero-order valence-corrected chi connectivity index (χ0v) is 4.42. The molecule has 1 radical (unpaired) electrons. The highest BCUT2D eigenvalue weighted by molar-refractivity contribution is 7.80. The van der Waals surface area contributed by atoms with Crippen LogP contribution in [0, 0.1) is 6.42 Å². The lowest BCUT2D eigenvalue weighted by Gasteiger charge is -1.76. The summed E-state index contributed by atoms with van der Waals surface area (Å²) in [7, 11) is 0. The van der Waals surface area contributed by atoms with E-state index in [0.29, 0.717) is 0 Å². The Kier molecular flexibility index (Phi) is 1.20. The first-order valence-electron chi connectivity index (χ1n) is 2.23. The third-order valence-corrected chi connectivity index (χ3v) is 1.37. The molecule has 33 valence electrons. The molecule has 1 aliphatic rings. The van der Waals surface area contributed by atoms with E-state index in [2.05, 4.69) is 6.42 Å². The SMILES string of the molecule is S=C1C[CH]CC1. The average Bonchev–Trinajstić information content (AvgIpc) is 1.86. The highest BCUT2D eigenvalue weighted by Gasteiger charge is 2.03. The van der Waals surface area contributed by atoms with E-state index < -0.39 is 0 Å². The van der Waals surface area contributed by atoms with Gasteiger partial charge in [0, 0.05) is 0 Å². The molecule has 0 aromatic carbocycles. The Morgan fingerprint density at radius 1 is 1.67 bits per heavy atom. The van der Waals surface area contributed by atoms with Crippen molar-refractivity contribution in [2.75, 3.05) is 0 Å². The van der Waals surface area contributed by atoms with Gasteiger partial charge >= 0.3 is 0 Å². The van der Waals surface area contributed by atoms with E-state index in [4.69, 9.17) is 12.2 Å². The van der Waals surface area contributed by atoms with Crippen molar-refractivity contribution in [2.24, 2.45) is 0 Å². The molecule has 0 spiro atoms. The van der Waals surface area contributed by atoms with Crippen LogP contribution < -0.4 is 0 Å². The van der Waals surface area contributed by atoms with Gasteiger partial charge in [-0.15, -0.1) is 0 Å². The van der Waals surface area contributed by atoms with Gasteiger partial charge in [0.1, 0.15) is 0 Å². The largest absolute Gasteiger partial charge is 0.0897 e. The Hall–Kier alpha value is 0.0900. The Morgan fingerprint density at radius 2 is 2.50 bits per heavy atom. The molecule has 0 aliphatic heterocycles. The summed E-state index contributed by atoms with van der Waals surface area (Å²) in [6.45, 7) is 0. The summed E-state index contributed by atoms with van der Waals surface area (Å²) in [6.07, 6.45) is 5.71. The van der Waals surface area contributed by atoms with Crippen molar-refractivity contribution in [3.8, 4) is 0 Å². The Labute approximate surface area is 43.6 Å². The summed E-state index contributed by atoms with van der Waals surface area (Å²) in [6, 6.07) is 0. The van der Waals surface area contributed by atoms with Crippen LogP contribution in [0.2, 0.25) is 0 Å². The van der Waals surface area contributed by atoms with E-state index in [0.717, 1.165) is 12.8 Å². The van der Waals surface area contributed by atoms with Crippen LogP contribution in [0.3, 0.4) is 0 Å². The normalized spacial score (nSPS) is 22.3. The maximum Gasteiger partial charge on any atom is -0.00685 e. The standard InChI is InChI=1S/C5H7S/c6-5-3-1-2-4-5/h1H,2-4H2. The number of thiocarbonyl (C=S) groups is 1. The van der Waals surface area contributed by atoms with Crippen LogP contribution in [-0.2, 0) is 0 Å². The third-order valence-electron chi connectivity index (χ3n) is 0.999. The Morgan fingerprint density at radius 3 is 2.67 bits per heavy atom. The van der Waals surface area contributed by atoms with Gasteiger partial charge in [-0.1, -0.05) is 12.2 Å². The molecule has 0 bridgehead atoms. The fourth-order valence-corrected chi connectivity index (χ4v) is 0.864. The highest BCUT2D eigenvalue weighted by atomic mass is 32.1. The first-order chi connectivity index (χ1) is 2.89. The summed E-state index contributed by atoms with van der Waals surface area (Å²) in [5.41, 5.74) is 0. The molecule has 0 saturated heterocycles. The van der Waals surface area contributed by atoms with Gasteiger partial charge in [-0.05, 0) is 30.5 Å². The fourth-order valence-electron chi connectivity index (χ4n) is 0.628. The van der Waals surface area contributed by atoms with Gasteiger partial charge < -0.3 is 0 Å². The quantitative estimate of drug-likeness (QED) is 0.417. The van der Waals surface area contributed by atoms with Crippen molar-refractivity contribution >= 4 is 17.1 Å². The lowest BCUT2D eigenvalue weighted by molar-refractivity contribution is 1.09. The third kappa shape index (κ3) is 0.777. The fraction of sp³-hybridized carbons (Fsp3) is 0.600.